The molecule has 0 bridgehead atoms. The van der Waals surface area contributed by atoms with Gasteiger partial charge in [-0.15, -0.1) is 0 Å². The summed E-state index contributed by atoms with van der Waals surface area (Å²) in [5, 5.41) is 0. The van der Waals surface area contributed by atoms with Gasteiger partial charge in [0.2, 0.25) is 0 Å². The lowest BCUT2D eigenvalue weighted by atomic mass is 10.2. The number of benzene rings is 1. The number of fused-ring (bicyclic) bond motifs is 2. The van der Waals surface area contributed by atoms with Crippen LogP contribution in [0, 0.1) is 0 Å². The molecule has 0 unspecified atom stereocenters. The number of para-hydroxylation sites is 2. The number of hydrogen-bond donors (Lipinski definition) is 1. The molecule has 7 nitrogen and oxygen atoms in total. The molecule has 0 aliphatic carbocycles. The molecule has 3 aromatic heterocycles. The van der Waals surface area contributed by atoms with Crippen molar-refractivity contribution < 1.29 is 9.53 Å². The summed E-state index contributed by atoms with van der Waals surface area (Å²) in [5.74, 6) is 0.550. The molecule has 4 aromatic rings. The Morgan fingerprint density at radius 1 is 1.04 bits per heavy atom. The fourth-order valence-corrected chi connectivity index (χ4v) is 3.35. The molecule has 7 heteroatoms. The van der Waals surface area contributed by atoms with Crippen LogP contribution in [0.4, 0.5) is 0 Å². The summed E-state index contributed by atoms with van der Waals surface area (Å²) >= 11 is 0. The van der Waals surface area contributed by atoms with Gasteiger partial charge in [-0.05, 0) is 24.3 Å². The van der Waals surface area contributed by atoms with Crippen LogP contribution in [0.5, 0.6) is 0 Å². The number of imidazole rings is 2. The summed E-state index contributed by atoms with van der Waals surface area (Å²) in [5.41, 5.74) is 3.61. The van der Waals surface area contributed by atoms with E-state index in [1.807, 2.05) is 53.1 Å². The number of rotatable bonds is 2. The predicted octanol–water partition coefficient (Wildman–Crippen LogP) is 2.35. The van der Waals surface area contributed by atoms with E-state index in [1.54, 1.807) is 4.90 Å². The smallest absolute Gasteiger partial charge is 0.275 e. The van der Waals surface area contributed by atoms with Gasteiger partial charge in [0.05, 0.1) is 24.2 Å². The molecule has 1 saturated heterocycles. The van der Waals surface area contributed by atoms with E-state index in [2.05, 4.69) is 15.0 Å². The first-order chi connectivity index (χ1) is 12.8. The molecule has 1 aliphatic rings. The molecule has 0 saturated carbocycles. The second-order valence-corrected chi connectivity index (χ2v) is 6.24. The van der Waals surface area contributed by atoms with E-state index in [0.717, 1.165) is 16.7 Å². The van der Waals surface area contributed by atoms with Crippen LogP contribution in [0.3, 0.4) is 0 Å². The zero-order chi connectivity index (χ0) is 17.5. The SMILES string of the molecule is O=C(c1nc2ccccn2c1-c1nc2ccccc2[nH]1)N1CCOCC1. The van der Waals surface area contributed by atoms with Crippen molar-refractivity contribution in [3.05, 3.63) is 54.4 Å². The minimum Gasteiger partial charge on any atom is -0.378 e. The number of carbonyl (C=O) groups is 1. The van der Waals surface area contributed by atoms with Gasteiger partial charge < -0.3 is 14.6 Å². The molecule has 0 radical (unpaired) electrons. The van der Waals surface area contributed by atoms with Crippen LogP contribution in [-0.4, -0.2) is 56.5 Å². The van der Waals surface area contributed by atoms with Gasteiger partial charge in [-0.3, -0.25) is 9.20 Å². The zero-order valence-electron chi connectivity index (χ0n) is 14.1. The fourth-order valence-electron chi connectivity index (χ4n) is 3.35. The van der Waals surface area contributed by atoms with E-state index < -0.39 is 0 Å². The Hall–Kier alpha value is -3.19. The first-order valence-electron chi connectivity index (χ1n) is 8.60. The Bertz CT molecular complexity index is 1070. The molecule has 1 amide bonds. The standard InChI is InChI=1S/C19H17N5O2/c25-19(23-9-11-26-12-10-23)16-17(24-8-4-3-7-15(24)22-16)18-20-13-5-1-2-6-14(13)21-18/h1-8H,9-12H2,(H,20,21). The molecular weight excluding hydrogens is 330 g/mol. The van der Waals surface area contributed by atoms with Crippen LogP contribution in [0.15, 0.2) is 48.7 Å². The molecular formula is C19H17N5O2. The quantitative estimate of drug-likeness (QED) is 0.604. The molecule has 4 heterocycles. The lowest BCUT2D eigenvalue weighted by Crippen LogP contribution is -2.41. The van der Waals surface area contributed by atoms with E-state index in [1.165, 1.54) is 0 Å². The number of aromatic nitrogens is 4. The third kappa shape index (κ3) is 2.36. The Morgan fingerprint density at radius 3 is 2.69 bits per heavy atom. The van der Waals surface area contributed by atoms with E-state index in [9.17, 15) is 4.79 Å². The van der Waals surface area contributed by atoms with Crippen molar-refractivity contribution in [1.29, 1.82) is 0 Å². The fraction of sp³-hybridized carbons (Fsp3) is 0.211. The Morgan fingerprint density at radius 2 is 1.85 bits per heavy atom. The van der Waals surface area contributed by atoms with Gasteiger partial charge in [0.25, 0.3) is 5.91 Å². The summed E-state index contributed by atoms with van der Waals surface area (Å²) in [6.07, 6.45) is 1.90. The molecule has 1 aliphatic heterocycles. The van der Waals surface area contributed by atoms with Crippen LogP contribution in [0.1, 0.15) is 10.5 Å². The summed E-state index contributed by atoms with van der Waals surface area (Å²) in [6, 6.07) is 13.5. The van der Waals surface area contributed by atoms with Gasteiger partial charge in [-0.1, -0.05) is 18.2 Å². The van der Waals surface area contributed by atoms with Crippen LogP contribution in [0.2, 0.25) is 0 Å². The monoisotopic (exact) mass is 347 g/mol. The number of carbonyl (C=O) groups excluding carboxylic acids is 1. The number of hydrogen-bond acceptors (Lipinski definition) is 4. The lowest BCUT2D eigenvalue weighted by Gasteiger charge is -2.26. The maximum Gasteiger partial charge on any atom is 0.275 e. The van der Waals surface area contributed by atoms with Gasteiger partial charge in [-0.2, -0.15) is 0 Å². The highest BCUT2D eigenvalue weighted by Gasteiger charge is 2.27. The number of ether oxygens (including phenoxy) is 1. The van der Waals surface area contributed by atoms with Crippen molar-refractivity contribution in [3.63, 3.8) is 0 Å². The molecule has 26 heavy (non-hydrogen) atoms. The molecule has 1 fully saturated rings. The van der Waals surface area contributed by atoms with Crippen LogP contribution in [0.25, 0.3) is 28.2 Å². The molecule has 5 rings (SSSR count). The predicted molar refractivity (Wildman–Crippen MR) is 97.0 cm³/mol. The third-order valence-corrected chi connectivity index (χ3v) is 4.64. The average molecular weight is 347 g/mol. The summed E-state index contributed by atoms with van der Waals surface area (Å²) in [6.45, 7) is 2.26. The van der Waals surface area contributed by atoms with Crippen molar-refractivity contribution in [1.82, 2.24) is 24.3 Å². The number of amides is 1. The highest BCUT2D eigenvalue weighted by atomic mass is 16.5. The minimum absolute atomic E-state index is 0.0903. The van der Waals surface area contributed by atoms with E-state index >= 15 is 0 Å². The molecule has 1 N–H and O–H groups in total. The van der Waals surface area contributed by atoms with Crippen molar-refractivity contribution in [2.24, 2.45) is 0 Å². The molecule has 0 atom stereocenters. The van der Waals surface area contributed by atoms with Crippen LogP contribution >= 0.6 is 0 Å². The van der Waals surface area contributed by atoms with Gasteiger partial charge in [0.1, 0.15) is 11.3 Å². The Labute approximate surface area is 149 Å². The number of aromatic amines is 1. The van der Waals surface area contributed by atoms with Gasteiger partial charge >= 0.3 is 0 Å². The Balaban J connectivity index is 1.70. The lowest BCUT2D eigenvalue weighted by molar-refractivity contribution is 0.0300. The van der Waals surface area contributed by atoms with Crippen molar-refractivity contribution in [3.8, 4) is 11.5 Å². The normalized spacial score (nSPS) is 15.0. The molecule has 1 aromatic carbocycles. The number of nitrogens with zero attached hydrogens (tertiary/aromatic N) is 4. The molecule has 130 valence electrons. The Kier molecular flexibility index (Phi) is 3.46. The number of nitrogens with one attached hydrogen (secondary N) is 1. The summed E-state index contributed by atoms with van der Waals surface area (Å²) in [4.78, 5) is 27.5. The van der Waals surface area contributed by atoms with Crippen molar-refractivity contribution in [2.75, 3.05) is 26.3 Å². The van der Waals surface area contributed by atoms with Gasteiger partial charge in [-0.25, -0.2) is 9.97 Å². The first kappa shape index (κ1) is 15.1. The summed E-state index contributed by atoms with van der Waals surface area (Å²) < 4.78 is 7.27. The van der Waals surface area contributed by atoms with Crippen LogP contribution in [-0.2, 0) is 4.74 Å². The van der Waals surface area contributed by atoms with Gasteiger partial charge in [0, 0.05) is 19.3 Å². The second-order valence-electron chi connectivity index (χ2n) is 6.24. The molecule has 0 spiro atoms. The van der Waals surface area contributed by atoms with E-state index in [4.69, 9.17) is 4.74 Å². The highest BCUT2D eigenvalue weighted by molar-refractivity contribution is 5.99. The third-order valence-electron chi connectivity index (χ3n) is 4.64. The van der Waals surface area contributed by atoms with Gasteiger partial charge in [0.15, 0.2) is 11.5 Å². The topological polar surface area (TPSA) is 75.5 Å². The number of morpholine rings is 1. The maximum absolute atomic E-state index is 13.1. The van der Waals surface area contributed by atoms with Crippen LogP contribution < -0.4 is 0 Å². The van der Waals surface area contributed by atoms with Crippen molar-refractivity contribution >= 4 is 22.6 Å². The van der Waals surface area contributed by atoms with Crippen molar-refractivity contribution in [2.45, 2.75) is 0 Å². The first-order valence-corrected chi connectivity index (χ1v) is 8.60. The second kappa shape index (κ2) is 5.96. The van der Waals surface area contributed by atoms with E-state index in [-0.39, 0.29) is 5.91 Å². The maximum atomic E-state index is 13.1. The highest BCUT2D eigenvalue weighted by Crippen LogP contribution is 2.26. The number of H-pyrrole nitrogens is 1. The largest absolute Gasteiger partial charge is 0.378 e. The summed E-state index contributed by atoms with van der Waals surface area (Å²) in [7, 11) is 0. The number of pyridine rings is 1. The zero-order valence-corrected chi connectivity index (χ0v) is 14.1. The average Bonchev–Trinajstić information content (AvgIpc) is 3.29. The van der Waals surface area contributed by atoms with E-state index in [0.29, 0.717) is 43.5 Å². The minimum atomic E-state index is -0.0903.